The molecule has 0 bridgehead atoms. The van der Waals surface area contributed by atoms with Gasteiger partial charge in [0.15, 0.2) is 0 Å². The van der Waals surface area contributed by atoms with E-state index in [0.29, 0.717) is 5.92 Å². The maximum Gasteiger partial charge on any atom is 0.0754 e. The van der Waals surface area contributed by atoms with Gasteiger partial charge in [-0.1, -0.05) is 6.08 Å². The van der Waals surface area contributed by atoms with E-state index in [9.17, 15) is 5.11 Å². The summed E-state index contributed by atoms with van der Waals surface area (Å²) in [6.45, 7) is 3.55. The van der Waals surface area contributed by atoms with E-state index >= 15 is 0 Å². The van der Waals surface area contributed by atoms with Crippen LogP contribution in [0.3, 0.4) is 0 Å². The van der Waals surface area contributed by atoms with Gasteiger partial charge in [0.2, 0.25) is 0 Å². The minimum Gasteiger partial charge on any atom is -0.389 e. The van der Waals surface area contributed by atoms with Crippen molar-refractivity contribution < 1.29 is 5.11 Å². The molecule has 1 heterocycles. The zero-order valence-corrected chi connectivity index (χ0v) is 6.23. The summed E-state index contributed by atoms with van der Waals surface area (Å²) in [5.74, 6) is 2.79. The zero-order valence-electron chi connectivity index (χ0n) is 5.42. The Bertz CT molecular complexity index is 97.1. The lowest BCUT2D eigenvalue weighted by Crippen LogP contribution is -2.16. The van der Waals surface area contributed by atoms with Crippen LogP contribution < -0.4 is 0 Å². The number of rotatable bonds is 2. The molecule has 1 N–H and O–H groups in total. The van der Waals surface area contributed by atoms with Crippen LogP contribution in [0.1, 0.15) is 6.42 Å². The smallest absolute Gasteiger partial charge is 0.0754 e. The summed E-state index contributed by atoms with van der Waals surface area (Å²) in [5, 5.41) is 9.23. The van der Waals surface area contributed by atoms with Gasteiger partial charge in [0.05, 0.1) is 6.10 Å². The molecule has 1 saturated heterocycles. The monoisotopic (exact) mass is 144 g/mol. The molecule has 9 heavy (non-hydrogen) atoms. The highest BCUT2D eigenvalue weighted by Gasteiger charge is 2.20. The Kier molecular flexibility index (Phi) is 2.61. The second-order valence-corrected chi connectivity index (χ2v) is 3.50. The highest BCUT2D eigenvalue weighted by atomic mass is 32.2. The van der Waals surface area contributed by atoms with E-state index in [1.54, 1.807) is 6.08 Å². The first-order chi connectivity index (χ1) is 4.34. The molecule has 0 aromatic heterocycles. The van der Waals surface area contributed by atoms with Crippen LogP contribution in [0.25, 0.3) is 0 Å². The molecule has 1 aliphatic rings. The van der Waals surface area contributed by atoms with Crippen molar-refractivity contribution in [1.82, 2.24) is 0 Å². The fourth-order valence-corrected chi connectivity index (χ4v) is 2.32. The fourth-order valence-electron chi connectivity index (χ4n) is 1.01. The molecule has 2 heteroatoms. The summed E-state index contributed by atoms with van der Waals surface area (Å²) in [5.41, 5.74) is 0. The van der Waals surface area contributed by atoms with Gasteiger partial charge in [-0.25, -0.2) is 0 Å². The molecule has 1 aliphatic heterocycles. The lowest BCUT2D eigenvalue weighted by Gasteiger charge is -2.10. The number of aliphatic hydroxyl groups is 1. The van der Waals surface area contributed by atoms with Crippen molar-refractivity contribution in [3.05, 3.63) is 12.7 Å². The Morgan fingerprint density at radius 3 is 3.00 bits per heavy atom. The SMILES string of the molecule is C=CC(O)C1CCSC1. The van der Waals surface area contributed by atoms with Gasteiger partial charge in [0.1, 0.15) is 0 Å². The summed E-state index contributed by atoms with van der Waals surface area (Å²) < 4.78 is 0. The molecular formula is C7H12OS. The van der Waals surface area contributed by atoms with Crippen LogP contribution in [0, 0.1) is 5.92 Å². The van der Waals surface area contributed by atoms with Gasteiger partial charge in [-0.15, -0.1) is 6.58 Å². The summed E-state index contributed by atoms with van der Waals surface area (Å²) >= 11 is 1.92. The van der Waals surface area contributed by atoms with Crippen LogP contribution in [0.2, 0.25) is 0 Å². The van der Waals surface area contributed by atoms with Gasteiger partial charge in [0, 0.05) is 0 Å². The van der Waals surface area contributed by atoms with Crippen molar-refractivity contribution in [2.24, 2.45) is 5.92 Å². The normalized spacial score (nSPS) is 30.1. The number of hydrogen-bond acceptors (Lipinski definition) is 2. The van der Waals surface area contributed by atoms with E-state index in [0.717, 1.165) is 12.2 Å². The summed E-state index contributed by atoms with van der Waals surface area (Å²) in [6, 6.07) is 0. The average Bonchev–Trinajstić information content (AvgIpc) is 2.37. The van der Waals surface area contributed by atoms with Gasteiger partial charge in [-0.2, -0.15) is 11.8 Å². The highest BCUT2D eigenvalue weighted by molar-refractivity contribution is 7.99. The molecule has 0 aromatic carbocycles. The predicted octanol–water partition coefficient (Wildman–Crippen LogP) is 1.29. The van der Waals surface area contributed by atoms with E-state index < -0.39 is 0 Å². The summed E-state index contributed by atoms with van der Waals surface area (Å²) in [7, 11) is 0. The predicted molar refractivity (Wildman–Crippen MR) is 41.6 cm³/mol. The molecule has 2 unspecified atom stereocenters. The first-order valence-corrected chi connectivity index (χ1v) is 4.38. The first-order valence-electron chi connectivity index (χ1n) is 3.23. The first kappa shape index (κ1) is 7.16. The molecule has 0 aliphatic carbocycles. The third-order valence-electron chi connectivity index (χ3n) is 1.69. The number of thioether (sulfide) groups is 1. The third kappa shape index (κ3) is 1.73. The van der Waals surface area contributed by atoms with Crippen molar-refractivity contribution in [1.29, 1.82) is 0 Å². The van der Waals surface area contributed by atoms with Crippen LogP contribution in [0.5, 0.6) is 0 Å². The second kappa shape index (κ2) is 3.28. The van der Waals surface area contributed by atoms with E-state index in [2.05, 4.69) is 6.58 Å². The second-order valence-electron chi connectivity index (χ2n) is 2.35. The lowest BCUT2D eigenvalue weighted by atomic mass is 10.0. The van der Waals surface area contributed by atoms with Crippen LogP contribution >= 0.6 is 11.8 Å². The van der Waals surface area contributed by atoms with E-state index in [1.165, 1.54) is 5.75 Å². The Balaban J connectivity index is 2.32. The van der Waals surface area contributed by atoms with Gasteiger partial charge in [-0.3, -0.25) is 0 Å². The molecule has 0 spiro atoms. The van der Waals surface area contributed by atoms with Gasteiger partial charge < -0.3 is 5.11 Å². The third-order valence-corrected chi connectivity index (χ3v) is 2.88. The maximum absolute atomic E-state index is 9.23. The van der Waals surface area contributed by atoms with Crippen molar-refractivity contribution in [2.45, 2.75) is 12.5 Å². The largest absolute Gasteiger partial charge is 0.389 e. The fraction of sp³-hybridized carbons (Fsp3) is 0.714. The van der Waals surface area contributed by atoms with Gasteiger partial charge in [-0.05, 0) is 23.8 Å². The average molecular weight is 144 g/mol. The molecule has 1 rings (SSSR count). The van der Waals surface area contributed by atoms with Crippen LogP contribution in [-0.2, 0) is 0 Å². The van der Waals surface area contributed by atoms with Gasteiger partial charge in [0.25, 0.3) is 0 Å². The van der Waals surface area contributed by atoms with Gasteiger partial charge >= 0.3 is 0 Å². The Morgan fingerprint density at radius 2 is 2.56 bits per heavy atom. The van der Waals surface area contributed by atoms with E-state index in [4.69, 9.17) is 0 Å². The van der Waals surface area contributed by atoms with E-state index in [1.807, 2.05) is 11.8 Å². The Labute approximate surface area is 60.2 Å². The molecule has 0 aromatic rings. The Morgan fingerprint density at radius 1 is 1.78 bits per heavy atom. The molecule has 0 amide bonds. The molecule has 1 nitrogen and oxygen atoms in total. The molecular weight excluding hydrogens is 132 g/mol. The minimum absolute atomic E-state index is 0.264. The molecule has 52 valence electrons. The number of hydrogen-bond donors (Lipinski definition) is 1. The standard InChI is InChI=1S/C7H12OS/c1-2-7(8)6-3-4-9-5-6/h2,6-8H,1,3-5H2. The lowest BCUT2D eigenvalue weighted by molar-refractivity contribution is 0.166. The molecule has 0 radical (unpaired) electrons. The quantitative estimate of drug-likeness (QED) is 0.589. The maximum atomic E-state index is 9.23. The molecule has 0 saturated carbocycles. The van der Waals surface area contributed by atoms with Crippen molar-refractivity contribution >= 4 is 11.8 Å². The summed E-state index contributed by atoms with van der Waals surface area (Å²) in [6.07, 6.45) is 2.52. The zero-order chi connectivity index (χ0) is 6.69. The number of aliphatic hydroxyl groups excluding tert-OH is 1. The van der Waals surface area contributed by atoms with Crippen LogP contribution in [0.15, 0.2) is 12.7 Å². The molecule has 2 atom stereocenters. The Hall–Kier alpha value is 0.0500. The molecule has 1 fully saturated rings. The van der Waals surface area contributed by atoms with Crippen molar-refractivity contribution in [3.63, 3.8) is 0 Å². The minimum atomic E-state index is -0.264. The van der Waals surface area contributed by atoms with Crippen LogP contribution in [0.4, 0.5) is 0 Å². The van der Waals surface area contributed by atoms with Crippen LogP contribution in [-0.4, -0.2) is 22.7 Å². The van der Waals surface area contributed by atoms with Crippen molar-refractivity contribution in [3.8, 4) is 0 Å². The topological polar surface area (TPSA) is 20.2 Å². The highest BCUT2D eigenvalue weighted by Crippen LogP contribution is 2.26. The van der Waals surface area contributed by atoms with Crippen molar-refractivity contribution in [2.75, 3.05) is 11.5 Å². The van der Waals surface area contributed by atoms with E-state index in [-0.39, 0.29) is 6.10 Å². The summed E-state index contributed by atoms with van der Waals surface area (Å²) in [4.78, 5) is 0.